The summed E-state index contributed by atoms with van der Waals surface area (Å²) in [5.41, 5.74) is 2.22. The third-order valence-corrected chi connectivity index (χ3v) is 4.87. The highest BCUT2D eigenvalue weighted by atomic mass is 35.5. The molecule has 2 heterocycles. The van der Waals surface area contributed by atoms with Crippen molar-refractivity contribution in [3.05, 3.63) is 59.1 Å². The number of piperidine rings is 1. The second kappa shape index (κ2) is 6.96. The summed E-state index contributed by atoms with van der Waals surface area (Å²) in [4.78, 5) is 22.2. The number of halogens is 2. The number of nitrogens with one attached hydrogen (secondary N) is 2. The Balaban J connectivity index is 1.48. The molecule has 0 aliphatic carbocycles. The van der Waals surface area contributed by atoms with Gasteiger partial charge in [0.15, 0.2) is 0 Å². The highest BCUT2D eigenvalue weighted by Gasteiger charge is 2.27. The number of carbonyl (C=O) groups excluding carboxylic acids is 1. The minimum absolute atomic E-state index is 0.133. The van der Waals surface area contributed by atoms with Crippen molar-refractivity contribution in [1.82, 2.24) is 14.9 Å². The zero-order valence-corrected chi connectivity index (χ0v) is 14.8. The first-order valence-electron chi connectivity index (χ1n) is 8.55. The number of aromatic amines is 1. The van der Waals surface area contributed by atoms with Crippen molar-refractivity contribution in [2.75, 3.05) is 18.4 Å². The SMILES string of the molecule is O=C(Nc1cccc(F)c1)N1CCCC(c2nc3ccc(Cl)cc3[nH]2)C1. The molecule has 2 amide bonds. The van der Waals surface area contributed by atoms with E-state index in [0.29, 0.717) is 23.8 Å². The number of nitrogens with zero attached hydrogens (tertiary/aromatic N) is 2. The zero-order valence-electron chi connectivity index (χ0n) is 14.0. The van der Waals surface area contributed by atoms with Gasteiger partial charge in [-0.15, -0.1) is 0 Å². The Kier molecular flexibility index (Phi) is 4.51. The van der Waals surface area contributed by atoms with E-state index in [4.69, 9.17) is 11.6 Å². The maximum absolute atomic E-state index is 13.3. The highest BCUT2D eigenvalue weighted by molar-refractivity contribution is 6.31. The smallest absolute Gasteiger partial charge is 0.321 e. The van der Waals surface area contributed by atoms with Crippen LogP contribution in [0.5, 0.6) is 0 Å². The van der Waals surface area contributed by atoms with E-state index in [-0.39, 0.29) is 17.8 Å². The lowest BCUT2D eigenvalue weighted by Gasteiger charge is -2.31. The normalized spacial score (nSPS) is 17.5. The van der Waals surface area contributed by atoms with E-state index in [2.05, 4.69) is 15.3 Å². The van der Waals surface area contributed by atoms with Crippen LogP contribution in [-0.2, 0) is 0 Å². The van der Waals surface area contributed by atoms with E-state index in [0.717, 1.165) is 29.7 Å². The van der Waals surface area contributed by atoms with Crippen LogP contribution in [0.25, 0.3) is 11.0 Å². The summed E-state index contributed by atoms with van der Waals surface area (Å²) in [6.45, 7) is 1.23. The minimum atomic E-state index is -0.375. The third kappa shape index (κ3) is 3.51. The Morgan fingerprint density at radius 1 is 1.31 bits per heavy atom. The maximum Gasteiger partial charge on any atom is 0.321 e. The van der Waals surface area contributed by atoms with Gasteiger partial charge in [0.2, 0.25) is 0 Å². The fraction of sp³-hybridized carbons (Fsp3) is 0.263. The Morgan fingerprint density at radius 2 is 2.19 bits per heavy atom. The van der Waals surface area contributed by atoms with Gasteiger partial charge < -0.3 is 15.2 Å². The number of aromatic nitrogens is 2. The van der Waals surface area contributed by atoms with Crippen LogP contribution in [0.2, 0.25) is 5.02 Å². The van der Waals surface area contributed by atoms with Gasteiger partial charge in [-0.2, -0.15) is 0 Å². The summed E-state index contributed by atoms with van der Waals surface area (Å²) < 4.78 is 13.3. The van der Waals surface area contributed by atoms with E-state index in [1.807, 2.05) is 18.2 Å². The predicted molar refractivity (Wildman–Crippen MR) is 100 cm³/mol. The highest BCUT2D eigenvalue weighted by Crippen LogP contribution is 2.28. The second-order valence-corrected chi connectivity index (χ2v) is 6.95. The van der Waals surface area contributed by atoms with E-state index in [9.17, 15) is 9.18 Å². The Morgan fingerprint density at radius 3 is 3.04 bits per heavy atom. The number of hydrogen-bond acceptors (Lipinski definition) is 2. The quantitative estimate of drug-likeness (QED) is 0.680. The van der Waals surface area contributed by atoms with E-state index in [1.54, 1.807) is 17.0 Å². The van der Waals surface area contributed by atoms with Gasteiger partial charge in [-0.05, 0) is 49.2 Å². The van der Waals surface area contributed by atoms with Crippen molar-refractivity contribution in [2.45, 2.75) is 18.8 Å². The van der Waals surface area contributed by atoms with E-state index >= 15 is 0 Å². The lowest BCUT2D eigenvalue weighted by Crippen LogP contribution is -2.41. The first-order valence-corrected chi connectivity index (χ1v) is 8.93. The van der Waals surface area contributed by atoms with Crippen LogP contribution >= 0.6 is 11.6 Å². The fourth-order valence-electron chi connectivity index (χ4n) is 3.35. The molecule has 1 aromatic heterocycles. The molecule has 0 spiro atoms. The van der Waals surface area contributed by atoms with Gasteiger partial charge in [-0.25, -0.2) is 14.2 Å². The van der Waals surface area contributed by atoms with Crippen LogP contribution < -0.4 is 5.32 Å². The van der Waals surface area contributed by atoms with E-state index in [1.165, 1.54) is 12.1 Å². The molecule has 1 unspecified atom stereocenters. The number of fused-ring (bicyclic) bond motifs is 1. The van der Waals surface area contributed by atoms with Crippen molar-refractivity contribution in [1.29, 1.82) is 0 Å². The zero-order chi connectivity index (χ0) is 18.1. The average Bonchev–Trinajstić information content (AvgIpc) is 3.05. The van der Waals surface area contributed by atoms with Gasteiger partial charge in [0.25, 0.3) is 0 Å². The maximum atomic E-state index is 13.3. The Bertz CT molecular complexity index is 958. The minimum Gasteiger partial charge on any atom is -0.342 e. The van der Waals surface area contributed by atoms with Crippen molar-refractivity contribution in [3.63, 3.8) is 0 Å². The summed E-state index contributed by atoms with van der Waals surface area (Å²) in [6.07, 6.45) is 1.84. The van der Waals surface area contributed by atoms with Gasteiger partial charge in [-0.1, -0.05) is 17.7 Å². The molecule has 1 saturated heterocycles. The van der Waals surface area contributed by atoms with Gasteiger partial charge in [0.05, 0.1) is 11.0 Å². The number of amides is 2. The van der Waals surface area contributed by atoms with Crippen LogP contribution in [0.15, 0.2) is 42.5 Å². The van der Waals surface area contributed by atoms with Gasteiger partial charge in [0, 0.05) is 29.7 Å². The summed E-state index contributed by atoms with van der Waals surface area (Å²) in [5.74, 6) is 0.624. The molecule has 7 heteroatoms. The molecule has 1 atom stereocenters. The number of carbonyl (C=O) groups is 1. The monoisotopic (exact) mass is 372 g/mol. The largest absolute Gasteiger partial charge is 0.342 e. The topological polar surface area (TPSA) is 61.0 Å². The molecule has 1 aliphatic rings. The number of anilines is 1. The number of H-pyrrole nitrogens is 1. The van der Waals surface area contributed by atoms with Crippen LogP contribution in [-0.4, -0.2) is 34.0 Å². The molecular weight excluding hydrogens is 355 g/mol. The predicted octanol–water partition coefficient (Wildman–Crippen LogP) is 4.77. The molecular formula is C19H18ClFN4O. The first-order chi connectivity index (χ1) is 12.6. The number of urea groups is 1. The number of rotatable bonds is 2. The van der Waals surface area contributed by atoms with Crippen molar-refractivity contribution in [2.24, 2.45) is 0 Å². The Hall–Kier alpha value is -2.60. The standard InChI is InChI=1S/C19H18ClFN4O/c20-13-6-7-16-17(9-13)24-18(23-16)12-3-2-8-25(11-12)19(26)22-15-5-1-4-14(21)10-15/h1,4-7,9-10,12H,2-3,8,11H2,(H,22,26)(H,23,24). The molecule has 2 aromatic carbocycles. The molecule has 1 aliphatic heterocycles. The summed E-state index contributed by atoms with van der Waals surface area (Å²) in [5, 5.41) is 3.42. The van der Waals surface area contributed by atoms with Gasteiger partial charge in [0.1, 0.15) is 11.6 Å². The average molecular weight is 373 g/mol. The molecule has 1 fully saturated rings. The van der Waals surface area contributed by atoms with Crippen molar-refractivity contribution >= 4 is 34.4 Å². The molecule has 134 valence electrons. The summed E-state index contributed by atoms with van der Waals surface area (Å²) in [7, 11) is 0. The third-order valence-electron chi connectivity index (χ3n) is 4.63. The molecule has 26 heavy (non-hydrogen) atoms. The van der Waals surface area contributed by atoms with Crippen LogP contribution in [0.1, 0.15) is 24.6 Å². The molecule has 0 radical (unpaired) electrons. The second-order valence-electron chi connectivity index (χ2n) is 6.51. The summed E-state index contributed by atoms with van der Waals surface area (Å²) >= 11 is 6.03. The Labute approximate surface area is 155 Å². The van der Waals surface area contributed by atoms with Crippen LogP contribution in [0, 0.1) is 5.82 Å². The van der Waals surface area contributed by atoms with Crippen molar-refractivity contribution in [3.8, 4) is 0 Å². The lowest BCUT2D eigenvalue weighted by molar-refractivity contribution is 0.191. The number of benzene rings is 2. The molecule has 0 bridgehead atoms. The molecule has 3 aromatic rings. The number of hydrogen-bond donors (Lipinski definition) is 2. The van der Waals surface area contributed by atoms with Gasteiger partial charge >= 0.3 is 6.03 Å². The number of imidazole rings is 1. The molecule has 0 saturated carbocycles. The lowest BCUT2D eigenvalue weighted by atomic mass is 9.97. The van der Waals surface area contributed by atoms with Gasteiger partial charge in [-0.3, -0.25) is 0 Å². The van der Waals surface area contributed by atoms with E-state index < -0.39 is 0 Å². The van der Waals surface area contributed by atoms with Crippen LogP contribution in [0.4, 0.5) is 14.9 Å². The van der Waals surface area contributed by atoms with Crippen molar-refractivity contribution < 1.29 is 9.18 Å². The summed E-state index contributed by atoms with van der Waals surface area (Å²) in [6, 6.07) is 11.2. The fourth-order valence-corrected chi connectivity index (χ4v) is 3.52. The molecule has 2 N–H and O–H groups in total. The van der Waals surface area contributed by atoms with Crippen LogP contribution in [0.3, 0.4) is 0 Å². The molecule has 5 nitrogen and oxygen atoms in total. The number of likely N-dealkylation sites (tertiary alicyclic amines) is 1. The molecule has 4 rings (SSSR count). The first kappa shape index (κ1) is 16.8.